The Bertz CT molecular complexity index is 662. The van der Waals surface area contributed by atoms with E-state index in [1.807, 2.05) is 0 Å². The van der Waals surface area contributed by atoms with Crippen molar-refractivity contribution in [2.24, 2.45) is 0 Å². The van der Waals surface area contributed by atoms with Crippen LogP contribution < -0.4 is 10.9 Å². The fraction of sp³-hybridized carbons (Fsp3) is 0.333. The zero-order valence-corrected chi connectivity index (χ0v) is 11.1. The predicted octanol–water partition coefficient (Wildman–Crippen LogP) is -0.445. The number of nitrogens with one attached hydrogen (secondary N) is 1. The molecule has 104 valence electrons. The molecule has 0 radical (unpaired) electrons. The fourth-order valence-corrected chi connectivity index (χ4v) is 2.64. The van der Waals surface area contributed by atoms with Crippen molar-refractivity contribution in [1.82, 2.24) is 14.9 Å². The molecule has 0 saturated heterocycles. The quantitative estimate of drug-likeness (QED) is 0.576. The molecule has 1 aromatic rings. The average Bonchev–Trinajstić information content (AvgIpc) is 2.87. The number of rotatable bonds is 4. The lowest BCUT2D eigenvalue weighted by Gasteiger charge is -2.11. The zero-order valence-electron chi connectivity index (χ0n) is 10.3. The maximum absolute atomic E-state index is 12.1. The minimum Gasteiger partial charge on any atom is -0.480 e. The van der Waals surface area contributed by atoms with Gasteiger partial charge in [0.05, 0.1) is 0 Å². The molecule has 1 aliphatic heterocycles. The van der Waals surface area contributed by atoms with Gasteiger partial charge in [0, 0.05) is 24.9 Å². The number of carboxylic acids is 1. The molecule has 0 fully saturated rings. The summed E-state index contributed by atoms with van der Waals surface area (Å²) < 4.78 is 1.40. The maximum atomic E-state index is 12.1. The number of carbonyl (C=O) groups is 2. The van der Waals surface area contributed by atoms with Crippen LogP contribution >= 0.6 is 11.8 Å². The van der Waals surface area contributed by atoms with E-state index in [0.717, 1.165) is 11.9 Å². The molecule has 20 heavy (non-hydrogen) atoms. The highest BCUT2D eigenvalue weighted by atomic mass is 32.2. The third kappa shape index (κ3) is 2.67. The standard InChI is InChI=1S/C12H11N3O4S/c1-2-3-8(11(18)19)14-9(16)7-6-13-12-15(10(7)17)4-5-20-12/h1,6,8H,3-5H2,(H,14,16)(H,18,19). The Kier molecular flexibility index (Phi) is 4.10. The Morgan fingerprint density at radius 3 is 3.05 bits per heavy atom. The predicted molar refractivity (Wildman–Crippen MR) is 71.6 cm³/mol. The molecule has 2 rings (SSSR count). The largest absolute Gasteiger partial charge is 0.480 e. The molecule has 0 aromatic carbocycles. The number of carboxylic acid groups (broad SMARTS) is 1. The molecular formula is C12H11N3O4S. The number of hydrogen-bond acceptors (Lipinski definition) is 5. The van der Waals surface area contributed by atoms with E-state index in [1.54, 1.807) is 0 Å². The van der Waals surface area contributed by atoms with Gasteiger partial charge in [0.25, 0.3) is 11.5 Å². The van der Waals surface area contributed by atoms with Gasteiger partial charge in [-0.2, -0.15) is 0 Å². The van der Waals surface area contributed by atoms with Crippen molar-refractivity contribution in [2.75, 3.05) is 5.75 Å². The zero-order chi connectivity index (χ0) is 14.7. The number of aliphatic carboxylic acids is 1. The monoisotopic (exact) mass is 293 g/mol. The number of amides is 1. The number of nitrogens with zero attached hydrogens (tertiary/aromatic N) is 2. The molecule has 7 nitrogen and oxygen atoms in total. The molecule has 2 N–H and O–H groups in total. The molecule has 1 amide bonds. The molecule has 1 atom stereocenters. The Morgan fingerprint density at radius 1 is 1.65 bits per heavy atom. The summed E-state index contributed by atoms with van der Waals surface area (Å²) in [5, 5.41) is 11.7. The number of carbonyl (C=O) groups excluding carboxylic acids is 1. The van der Waals surface area contributed by atoms with Crippen molar-refractivity contribution in [3.8, 4) is 12.3 Å². The van der Waals surface area contributed by atoms with E-state index in [9.17, 15) is 14.4 Å². The van der Waals surface area contributed by atoms with Crippen LogP contribution in [0, 0.1) is 12.3 Å². The molecule has 1 unspecified atom stereocenters. The van der Waals surface area contributed by atoms with Crippen LogP contribution in [0.2, 0.25) is 0 Å². The van der Waals surface area contributed by atoms with Gasteiger partial charge >= 0.3 is 5.97 Å². The van der Waals surface area contributed by atoms with Gasteiger partial charge in [0.15, 0.2) is 5.16 Å². The van der Waals surface area contributed by atoms with Gasteiger partial charge in [-0.1, -0.05) is 11.8 Å². The summed E-state index contributed by atoms with van der Waals surface area (Å²) in [7, 11) is 0. The smallest absolute Gasteiger partial charge is 0.327 e. The number of aromatic nitrogens is 2. The summed E-state index contributed by atoms with van der Waals surface area (Å²) in [6, 6.07) is -1.22. The first-order chi connectivity index (χ1) is 9.54. The summed E-state index contributed by atoms with van der Waals surface area (Å²) in [6.45, 7) is 0.486. The van der Waals surface area contributed by atoms with Crippen molar-refractivity contribution < 1.29 is 14.7 Å². The van der Waals surface area contributed by atoms with Crippen LogP contribution in [0.25, 0.3) is 0 Å². The summed E-state index contributed by atoms with van der Waals surface area (Å²) in [5.41, 5.74) is -0.651. The van der Waals surface area contributed by atoms with Gasteiger partial charge in [-0.3, -0.25) is 14.2 Å². The minimum atomic E-state index is -1.25. The van der Waals surface area contributed by atoms with Gasteiger partial charge in [0.1, 0.15) is 11.6 Å². The first-order valence-corrected chi connectivity index (χ1v) is 6.73. The molecular weight excluding hydrogens is 282 g/mol. The van der Waals surface area contributed by atoms with Crippen molar-refractivity contribution in [3.05, 3.63) is 22.1 Å². The number of fused-ring (bicyclic) bond motifs is 1. The molecule has 2 heterocycles. The Balaban J connectivity index is 2.24. The number of hydrogen-bond donors (Lipinski definition) is 2. The highest BCUT2D eigenvalue weighted by molar-refractivity contribution is 7.99. The summed E-state index contributed by atoms with van der Waals surface area (Å²) in [4.78, 5) is 39.0. The Hall–Kier alpha value is -2.27. The van der Waals surface area contributed by atoms with E-state index < -0.39 is 23.5 Å². The average molecular weight is 293 g/mol. The first-order valence-electron chi connectivity index (χ1n) is 5.74. The SMILES string of the molecule is C#CCC(NC(=O)c1cnc2n(c1=O)CCS2)C(=O)O. The van der Waals surface area contributed by atoms with Crippen LogP contribution in [0.4, 0.5) is 0 Å². The van der Waals surface area contributed by atoms with E-state index in [2.05, 4.69) is 16.2 Å². The third-order valence-electron chi connectivity index (χ3n) is 2.73. The third-order valence-corrected chi connectivity index (χ3v) is 3.70. The maximum Gasteiger partial charge on any atom is 0.327 e. The molecule has 0 spiro atoms. The number of thioether (sulfide) groups is 1. The normalized spacial score (nSPS) is 14.2. The van der Waals surface area contributed by atoms with Crippen LogP contribution in [0.3, 0.4) is 0 Å². The van der Waals surface area contributed by atoms with Crippen LogP contribution in [0.5, 0.6) is 0 Å². The lowest BCUT2D eigenvalue weighted by atomic mass is 10.2. The second-order valence-electron chi connectivity index (χ2n) is 4.03. The second kappa shape index (κ2) is 5.79. The molecule has 0 aliphatic carbocycles. The van der Waals surface area contributed by atoms with Gasteiger partial charge < -0.3 is 10.4 Å². The van der Waals surface area contributed by atoms with Crippen LogP contribution in [0.15, 0.2) is 16.1 Å². The van der Waals surface area contributed by atoms with E-state index >= 15 is 0 Å². The molecule has 0 bridgehead atoms. The van der Waals surface area contributed by atoms with E-state index in [0.29, 0.717) is 11.7 Å². The van der Waals surface area contributed by atoms with Crippen molar-refractivity contribution in [2.45, 2.75) is 24.2 Å². The van der Waals surface area contributed by atoms with Gasteiger partial charge in [-0.25, -0.2) is 9.78 Å². The fourth-order valence-electron chi connectivity index (χ4n) is 1.73. The van der Waals surface area contributed by atoms with E-state index in [-0.39, 0.29) is 12.0 Å². The van der Waals surface area contributed by atoms with E-state index in [1.165, 1.54) is 16.3 Å². The summed E-state index contributed by atoms with van der Waals surface area (Å²) in [6.07, 6.45) is 6.05. The van der Waals surface area contributed by atoms with E-state index in [4.69, 9.17) is 11.5 Å². The molecule has 1 aliphatic rings. The Labute approximate surface area is 118 Å². The van der Waals surface area contributed by atoms with Crippen molar-refractivity contribution in [1.29, 1.82) is 0 Å². The Morgan fingerprint density at radius 2 is 2.40 bits per heavy atom. The van der Waals surface area contributed by atoms with Crippen molar-refractivity contribution in [3.63, 3.8) is 0 Å². The van der Waals surface area contributed by atoms with Crippen LogP contribution in [-0.2, 0) is 11.3 Å². The lowest BCUT2D eigenvalue weighted by molar-refractivity contribution is -0.139. The van der Waals surface area contributed by atoms with Gasteiger partial charge in [-0.05, 0) is 0 Å². The minimum absolute atomic E-state index is 0.156. The van der Waals surface area contributed by atoms with Crippen LogP contribution in [0.1, 0.15) is 16.8 Å². The van der Waals surface area contributed by atoms with Gasteiger partial charge in [-0.15, -0.1) is 12.3 Å². The first kappa shape index (κ1) is 14.1. The second-order valence-corrected chi connectivity index (χ2v) is 5.09. The summed E-state index contributed by atoms with van der Waals surface area (Å²) >= 11 is 1.43. The molecule has 8 heteroatoms. The van der Waals surface area contributed by atoms with Crippen LogP contribution in [-0.4, -0.2) is 38.3 Å². The topological polar surface area (TPSA) is 101 Å². The number of terminal acetylenes is 1. The van der Waals surface area contributed by atoms with Gasteiger partial charge in [0.2, 0.25) is 0 Å². The molecule has 1 aromatic heterocycles. The highest BCUT2D eigenvalue weighted by Gasteiger charge is 2.24. The highest BCUT2D eigenvalue weighted by Crippen LogP contribution is 2.20. The molecule has 0 saturated carbocycles. The lowest BCUT2D eigenvalue weighted by Crippen LogP contribution is -2.43. The van der Waals surface area contributed by atoms with Crippen molar-refractivity contribution >= 4 is 23.6 Å². The summed E-state index contributed by atoms with van der Waals surface area (Å²) in [5.74, 6) is 0.860.